The number of anilines is 2. The fourth-order valence-corrected chi connectivity index (χ4v) is 4.55. The third-order valence-electron chi connectivity index (χ3n) is 6.38. The van der Waals surface area contributed by atoms with Crippen LogP contribution in [0.15, 0.2) is 84.9 Å². The number of hydrogen-bond acceptors (Lipinski definition) is 4. The number of carboxylic acid groups (broad SMARTS) is 1. The monoisotopic (exact) mass is 514 g/mol. The van der Waals surface area contributed by atoms with E-state index in [1.165, 1.54) is 4.90 Å². The Morgan fingerprint density at radius 2 is 1.50 bits per heavy atom. The van der Waals surface area contributed by atoms with E-state index < -0.39 is 36.0 Å². The normalized spacial score (nSPS) is 16.1. The summed E-state index contributed by atoms with van der Waals surface area (Å²) in [7, 11) is 0. The highest BCUT2D eigenvalue weighted by Gasteiger charge is 2.40. The Balaban J connectivity index is 1.65. The second kappa shape index (κ2) is 11.6. The van der Waals surface area contributed by atoms with E-state index in [9.17, 15) is 24.3 Å². The van der Waals surface area contributed by atoms with E-state index in [4.69, 9.17) is 0 Å². The minimum atomic E-state index is -1.30. The van der Waals surface area contributed by atoms with Gasteiger partial charge in [-0.1, -0.05) is 86.6 Å². The predicted molar refractivity (Wildman–Crippen MR) is 144 cm³/mol. The molecule has 1 heterocycles. The Morgan fingerprint density at radius 3 is 2.13 bits per heavy atom. The number of nitrogens with zero attached hydrogens (tertiary/aromatic N) is 1. The van der Waals surface area contributed by atoms with Crippen LogP contribution in [0.5, 0.6) is 0 Å². The van der Waals surface area contributed by atoms with Crippen molar-refractivity contribution in [1.82, 2.24) is 10.6 Å². The zero-order chi connectivity index (χ0) is 27.2. The van der Waals surface area contributed by atoms with Crippen molar-refractivity contribution in [3.63, 3.8) is 0 Å². The van der Waals surface area contributed by atoms with Crippen LogP contribution in [0.25, 0.3) is 0 Å². The summed E-state index contributed by atoms with van der Waals surface area (Å²) in [6.07, 6.45) is 0.119. The van der Waals surface area contributed by atoms with E-state index in [2.05, 4.69) is 16.0 Å². The Hall–Kier alpha value is -4.66. The number of nitrogens with one attached hydrogen (secondary N) is 3. The van der Waals surface area contributed by atoms with Crippen LogP contribution in [-0.4, -0.2) is 41.0 Å². The van der Waals surface area contributed by atoms with Crippen LogP contribution in [0.4, 0.5) is 16.2 Å². The zero-order valence-corrected chi connectivity index (χ0v) is 21.1. The quantitative estimate of drug-likeness (QED) is 0.364. The molecule has 1 aliphatic heterocycles. The van der Waals surface area contributed by atoms with Crippen molar-refractivity contribution in [1.29, 1.82) is 0 Å². The van der Waals surface area contributed by atoms with Gasteiger partial charge in [0.25, 0.3) is 0 Å². The number of carboxylic acids is 1. The Kier molecular flexibility index (Phi) is 8.06. The highest BCUT2D eigenvalue weighted by molar-refractivity contribution is 6.12. The van der Waals surface area contributed by atoms with Crippen molar-refractivity contribution in [3.05, 3.63) is 96.1 Å². The molecule has 3 atom stereocenters. The number of carbonyl (C=O) groups is 4. The number of hydrogen-bond donors (Lipinski definition) is 4. The molecule has 9 heteroatoms. The molecule has 0 saturated heterocycles. The number of amides is 4. The number of benzene rings is 3. The SMILES string of the molecule is CC(C)[C@@H]1C(=O)Nc2ccccc2N1C(=O)N[C@@H](Cc1ccccc1)C(=O)N[C@@H](C(=O)O)c1ccccc1. The smallest absolute Gasteiger partial charge is 0.330 e. The van der Waals surface area contributed by atoms with Crippen LogP contribution < -0.4 is 20.9 Å². The molecule has 4 N–H and O–H groups in total. The first-order chi connectivity index (χ1) is 18.3. The van der Waals surface area contributed by atoms with Gasteiger partial charge >= 0.3 is 12.0 Å². The van der Waals surface area contributed by atoms with Gasteiger partial charge in [-0.2, -0.15) is 0 Å². The summed E-state index contributed by atoms with van der Waals surface area (Å²) < 4.78 is 0. The van der Waals surface area contributed by atoms with Gasteiger partial charge in [-0.15, -0.1) is 0 Å². The number of para-hydroxylation sites is 2. The molecule has 0 aliphatic carbocycles. The summed E-state index contributed by atoms with van der Waals surface area (Å²) in [6, 6.07) is 20.6. The molecule has 0 radical (unpaired) electrons. The van der Waals surface area contributed by atoms with E-state index in [0.717, 1.165) is 5.56 Å². The Labute approximate surface area is 220 Å². The first-order valence-corrected chi connectivity index (χ1v) is 12.4. The second-order valence-corrected chi connectivity index (χ2v) is 9.45. The lowest BCUT2D eigenvalue weighted by atomic mass is 9.97. The standard InChI is InChI=1S/C29H30N4O5/c1-18(2)25-27(35)30-21-15-9-10-16-23(21)33(25)29(38)31-22(17-19-11-5-3-6-12-19)26(34)32-24(28(36)37)20-13-7-4-8-14-20/h3-16,18,22,24-25H,17H2,1-2H3,(H,30,35)(H,31,38)(H,32,34)(H,36,37)/t22-,24+,25+/m0/s1. The summed E-state index contributed by atoms with van der Waals surface area (Å²) in [6.45, 7) is 3.67. The van der Waals surface area contributed by atoms with Gasteiger partial charge in [-0.05, 0) is 29.2 Å². The first kappa shape index (κ1) is 26.4. The average Bonchev–Trinajstić information content (AvgIpc) is 2.91. The highest BCUT2D eigenvalue weighted by atomic mass is 16.4. The summed E-state index contributed by atoms with van der Waals surface area (Å²) in [4.78, 5) is 53.6. The maximum absolute atomic E-state index is 13.8. The minimum Gasteiger partial charge on any atom is -0.479 e. The molecule has 3 aromatic rings. The van der Waals surface area contributed by atoms with Gasteiger partial charge in [0.15, 0.2) is 6.04 Å². The van der Waals surface area contributed by atoms with Gasteiger partial charge in [0.2, 0.25) is 11.8 Å². The van der Waals surface area contributed by atoms with Crippen LogP contribution in [0, 0.1) is 5.92 Å². The number of carbonyl (C=O) groups excluding carboxylic acids is 3. The summed E-state index contributed by atoms with van der Waals surface area (Å²) in [5, 5.41) is 18.0. The van der Waals surface area contributed by atoms with Crippen molar-refractivity contribution in [2.75, 3.05) is 10.2 Å². The fourth-order valence-electron chi connectivity index (χ4n) is 4.55. The van der Waals surface area contributed by atoms with Gasteiger partial charge in [-0.3, -0.25) is 14.5 Å². The fraction of sp³-hybridized carbons (Fsp3) is 0.241. The van der Waals surface area contributed by atoms with Crippen molar-refractivity contribution >= 4 is 35.2 Å². The zero-order valence-electron chi connectivity index (χ0n) is 21.1. The number of fused-ring (bicyclic) bond motifs is 1. The topological polar surface area (TPSA) is 128 Å². The van der Waals surface area contributed by atoms with Crippen LogP contribution >= 0.6 is 0 Å². The lowest BCUT2D eigenvalue weighted by Crippen LogP contribution is -2.60. The molecule has 3 aromatic carbocycles. The van der Waals surface area contributed by atoms with Gasteiger partial charge in [0.05, 0.1) is 11.4 Å². The Morgan fingerprint density at radius 1 is 0.895 bits per heavy atom. The van der Waals surface area contributed by atoms with Crippen LogP contribution in [0.3, 0.4) is 0 Å². The molecule has 0 saturated carbocycles. The van der Waals surface area contributed by atoms with Crippen LogP contribution in [-0.2, 0) is 20.8 Å². The van der Waals surface area contributed by atoms with E-state index in [-0.39, 0.29) is 18.2 Å². The van der Waals surface area contributed by atoms with E-state index in [1.807, 2.05) is 44.2 Å². The highest BCUT2D eigenvalue weighted by Crippen LogP contribution is 2.34. The molecule has 38 heavy (non-hydrogen) atoms. The molecule has 0 fully saturated rings. The Bertz CT molecular complexity index is 1310. The second-order valence-electron chi connectivity index (χ2n) is 9.45. The van der Waals surface area contributed by atoms with Crippen molar-refractivity contribution in [2.45, 2.75) is 38.4 Å². The maximum Gasteiger partial charge on any atom is 0.330 e. The third kappa shape index (κ3) is 5.83. The molecule has 0 bridgehead atoms. The van der Waals surface area contributed by atoms with Crippen LogP contribution in [0.1, 0.15) is 31.0 Å². The lowest BCUT2D eigenvalue weighted by molar-refractivity contribution is -0.142. The largest absolute Gasteiger partial charge is 0.479 e. The molecule has 0 spiro atoms. The summed E-state index contributed by atoms with van der Waals surface area (Å²) in [5.74, 6) is -2.43. The van der Waals surface area contributed by atoms with Gasteiger partial charge in [0, 0.05) is 6.42 Å². The molecule has 0 aromatic heterocycles. The molecule has 0 unspecified atom stereocenters. The third-order valence-corrected chi connectivity index (χ3v) is 6.38. The van der Waals surface area contributed by atoms with Crippen molar-refractivity contribution in [2.24, 2.45) is 5.92 Å². The molecular weight excluding hydrogens is 484 g/mol. The first-order valence-electron chi connectivity index (χ1n) is 12.4. The molecular formula is C29H30N4O5. The number of aliphatic carboxylic acids is 1. The van der Waals surface area contributed by atoms with E-state index in [1.54, 1.807) is 54.6 Å². The molecule has 9 nitrogen and oxygen atoms in total. The predicted octanol–water partition coefficient (Wildman–Crippen LogP) is 3.73. The van der Waals surface area contributed by atoms with Gasteiger partial charge < -0.3 is 21.1 Å². The molecule has 1 aliphatic rings. The number of urea groups is 1. The van der Waals surface area contributed by atoms with Gasteiger partial charge in [-0.25, -0.2) is 9.59 Å². The number of rotatable bonds is 8. The van der Waals surface area contributed by atoms with E-state index in [0.29, 0.717) is 16.9 Å². The van der Waals surface area contributed by atoms with E-state index >= 15 is 0 Å². The molecule has 196 valence electrons. The lowest BCUT2D eigenvalue weighted by Gasteiger charge is -2.39. The van der Waals surface area contributed by atoms with Crippen molar-refractivity contribution < 1.29 is 24.3 Å². The van der Waals surface area contributed by atoms with Gasteiger partial charge in [0.1, 0.15) is 12.1 Å². The molecule has 4 rings (SSSR count). The summed E-state index contributed by atoms with van der Waals surface area (Å²) >= 11 is 0. The molecule has 4 amide bonds. The minimum absolute atomic E-state index is 0.119. The average molecular weight is 515 g/mol. The van der Waals surface area contributed by atoms with Crippen molar-refractivity contribution in [3.8, 4) is 0 Å². The summed E-state index contributed by atoms with van der Waals surface area (Å²) in [5.41, 5.74) is 2.18. The van der Waals surface area contributed by atoms with Crippen LogP contribution in [0.2, 0.25) is 0 Å². The maximum atomic E-state index is 13.8.